The van der Waals surface area contributed by atoms with Crippen molar-refractivity contribution in [3.63, 3.8) is 0 Å². The SMILES string of the molecule is CCC(C)C(C)C.CCC(O)c1cccc(C(OC(C)=O)C(C)C)c1. The highest BCUT2D eigenvalue weighted by Crippen LogP contribution is 2.28. The second-order valence-electron chi connectivity index (χ2n) is 7.50. The Balaban J connectivity index is 0.000000697. The molecule has 0 bridgehead atoms. The first-order valence-corrected chi connectivity index (χ1v) is 9.58. The van der Waals surface area contributed by atoms with Crippen LogP contribution in [0.5, 0.6) is 0 Å². The van der Waals surface area contributed by atoms with E-state index in [9.17, 15) is 9.90 Å². The summed E-state index contributed by atoms with van der Waals surface area (Å²) >= 11 is 0. The second kappa shape index (κ2) is 12.1. The van der Waals surface area contributed by atoms with E-state index in [0.717, 1.165) is 23.0 Å². The minimum atomic E-state index is -0.463. The molecule has 3 heteroatoms. The summed E-state index contributed by atoms with van der Waals surface area (Å²) in [4.78, 5) is 11.1. The third-order valence-electron chi connectivity index (χ3n) is 4.69. The molecule has 0 saturated carbocycles. The number of rotatable bonds is 7. The molecule has 144 valence electrons. The number of hydrogen-bond acceptors (Lipinski definition) is 3. The predicted molar refractivity (Wildman–Crippen MR) is 105 cm³/mol. The van der Waals surface area contributed by atoms with Gasteiger partial charge in [0.05, 0.1) is 6.10 Å². The van der Waals surface area contributed by atoms with E-state index in [1.54, 1.807) is 0 Å². The zero-order chi connectivity index (χ0) is 19.6. The van der Waals surface area contributed by atoms with Crippen molar-refractivity contribution in [3.05, 3.63) is 35.4 Å². The van der Waals surface area contributed by atoms with Crippen molar-refractivity contribution in [1.29, 1.82) is 0 Å². The molecular formula is C22H38O3. The third kappa shape index (κ3) is 9.06. The normalized spacial score (nSPS) is 14.5. The molecule has 3 nitrogen and oxygen atoms in total. The summed E-state index contributed by atoms with van der Waals surface area (Å²) < 4.78 is 5.35. The van der Waals surface area contributed by atoms with Gasteiger partial charge in [-0.05, 0) is 41.4 Å². The molecule has 3 atom stereocenters. The highest BCUT2D eigenvalue weighted by molar-refractivity contribution is 5.66. The number of aliphatic hydroxyl groups excluding tert-OH is 1. The molecule has 25 heavy (non-hydrogen) atoms. The maximum atomic E-state index is 11.1. The summed E-state index contributed by atoms with van der Waals surface area (Å²) in [6, 6.07) is 7.63. The standard InChI is InChI=1S/C15H22O3.C7H16/c1-5-14(17)12-7-6-8-13(9-12)15(10(2)3)18-11(4)16;1-5-7(4)6(2)3/h6-10,14-15,17H,5H2,1-4H3;6-7H,5H2,1-4H3. The minimum absolute atomic E-state index is 0.197. The Kier molecular flexibility index (Phi) is 11.4. The number of carbonyl (C=O) groups excluding carboxylic acids is 1. The van der Waals surface area contributed by atoms with Gasteiger partial charge in [0.15, 0.2) is 0 Å². The predicted octanol–water partition coefficient (Wildman–Crippen LogP) is 6.08. The monoisotopic (exact) mass is 350 g/mol. The number of ether oxygens (including phenoxy) is 1. The quantitative estimate of drug-likeness (QED) is 0.606. The van der Waals surface area contributed by atoms with Crippen LogP contribution in [0.2, 0.25) is 0 Å². The molecule has 0 aromatic heterocycles. The van der Waals surface area contributed by atoms with E-state index in [1.165, 1.54) is 13.3 Å². The molecule has 0 heterocycles. The summed E-state index contributed by atoms with van der Waals surface area (Å²) in [6.07, 6.45) is 1.27. The molecule has 1 aromatic rings. The van der Waals surface area contributed by atoms with Gasteiger partial charge in [0.2, 0.25) is 0 Å². The van der Waals surface area contributed by atoms with Crippen LogP contribution in [0.4, 0.5) is 0 Å². The summed E-state index contributed by atoms with van der Waals surface area (Å²) in [7, 11) is 0. The van der Waals surface area contributed by atoms with Crippen LogP contribution in [0.1, 0.15) is 91.6 Å². The molecule has 1 aromatic carbocycles. The van der Waals surface area contributed by atoms with Crippen LogP contribution in [0, 0.1) is 17.8 Å². The molecular weight excluding hydrogens is 312 g/mol. The average Bonchev–Trinajstić information content (AvgIpc) is 2.58. The van der Waals surface area contributed by atoms with E-state index in [1.807, 2.05) is 45.0 Å². The van der Waals surface area contributed by atoms with Gasteiger partial charge in [-0.25, -0.2) is 0 Å². The van der Waals surface area contributed by atoms with E-state index < -0.39 is 6.10 Å². The number of aliphatic hydroxyl groups is 1. The fraction of sp³-hybridized carbons (Fsp3) is 0.682. The molecule has 0 saturated heterocycles. The zero-order valence-electron chi connectivity index (χ0n) is 17.4. The van der Waals surface area contributed by atoms with Gasteiger partial charge in [0.25, 0.3) is 0 Å². The minimum Gasteiger partial charge on any atom is -0.457 e. The second-order valence-corrected chi connectivity index (χ2v) is 7.50. The van der Waals surface area contributed by atoms with Gasteiger partial charge in [-0.1, -0.05) is 73.1 Å². The van der Waals surface area contributed by atoms with Crippen molar-refractivity contribution < 1.29 is 14.6 Å². The molecule has 3 unspecified atom stereocenters. The maximum absolute atomic E-state index is 11.1. The third-order valence-corrected chi connectivity index (χ3v) is 4.69. The van der Waals surface area contributed by atoms with Gasteiger partial charge in [0.1, 0.15) is 6.10 Å². The molecule has 0 spiro atoms. The summed E-state index contributed by atoms with van der Waals surface area (Å²) in [5.41, 5.74) is 1.80. The summed E-state index contributed by atoms with van der Waals surface area (Å²) in [5, 5.41) is 9.85. The van der Waals surface area contributed by atoms with E-state index in [2.05, 4.69) is 27.7 Å². The molecule has 0 amide bonds. The van der Waals surface area contributed by atoms with Gasteiger partial charge < -0.3 is 9.84 Å². The fourth-order valence-electron chi connectivity index (χ4n) is 2.42. The van der Waals surface area contributed by atoms with E-state index in [0.29, 0.717) is 6.42 Å². The van der Waals surface area contributed by atoms with Crippen LogP contribution in [-0.2, 0) is 9.53 Å². The lowest BCUT2D eigenvalue weighted by Gasteiger charge is -2.22. The fourth-order valence-corrected chi connectivity index (χ4v) is 2.42. The van der Waals surface area contributed by atoms with E-state index in [4.69, 9.17) is 4.74 Å². The van der Waals surface area contributed by atoms with Crippen molar-refractivity contribution in [3.8, 4) is 0 Å². The largest absolute Gasteiger partial charge is 0.457 e. The van der Waals surface area contributed by atoms with Crippen molar-refractivity contribution in [2.45, 2.75) is 80.4 Å². The Morgan fingerprint density at radius 2 is 1.56 bits per heavy atom. The van der Waals surface area contributed by atoms with Gasteiger partial charge in [-0.15, -0.1) is 0 Å². The molecule has 0 aliphatic carbocycles. The molecule has 1 N–H and O–H groups in total. The molecule has 1 rings (SSSR count). The molecule has 0 fully saturated rings. The molecule has 0 radical (unpaired) electrons. The highest BCUT2D eigenvalue weighted by atomic mass is 16.5. The number of benzene rings is 1. The van der Waals surface area contributed by atoms with Crippen LogP contribution >= 0.6 is 0 Å². The number of esters is 1. The van der Waals surface area contributed by atoms with Gasteiger partial charge >= 0.3 is 5.97 Å². The smallest absolute Gasteiger partial charge is 0.303 e. The first-order chi connectivity index (χ1) is 11.6. The summed E-state index contributed by atoms with van der Waals surface area (Å²) in [6.45, 7) is 16.5. The Morgan fingerprint density at radius 1 is 1.00 bits per heavy atom. The van der Waals surface area contributed by atoms with Crippen LogP contribution in [0.25, 0.3) is 0 Å². The lowest BCUT2D eigenvalue weighted by molar-refractivity contribution is -0.149. The lowest BCUT2D eigenvalue weighted by Crippen LogP contribution is -2.14. The van der Waals surface area contributed by atoms with Crippen LogP contribution in [0.15, 0.2) is 24.3 Å². The van der Waals surface area contributed by atoms with Crippen LogP contribution < -0.4 is 0 Å². The Labute approximate surface area is 154 Å². The summed E-state index contributed by atoms with van der Waals surface area (Å²) in [5.74, 6) is 1.68. The van der Waals surface area contributed by atoms with Crippen molar-refractivity contribution in [2.75, 3.05) is 0 Å². The average molecular weight is 351 g/mol. The Morgan fingerprint density at radius 3 is 1.92 bits per heavy atom. The zero-order valence-corrected chi connectivity index (χ0v) is 17.4. The topological polar surface area (TPSA) is 46.5 Å². The maximum Gasteiger partial charge on any atom is 0.303 e. The first-order valence-electron chi connectivity index (χ1n) is 9.58. The number of carbonyl (C=O) groups is 1. The number of hydrogen-bond donors (Lipinski definition) is 1. The van der Waals surface area contributed by atoms with Gasteiger partial charge in [-0.3, -0.25) is 4.79 Å². The van der Waals surface area contributed by atoms with Crippen molar-refractivity contribution in [1.82, 2.24) is 0 Å². The van der Waals surface area contributed by atoms with E-state index in [-0.39, 0.29) is 18.0 Å². The highest BCUT2D eigenvalue weighted by Gasteiger charge is 2.19. The van der Waals surface area contributed by atoms with Gasteiger partial charge in [-0.2, -0.15) is 0 Å². The van der Waals surface area contributed by atoms with Gasteiger partial charge in [0, 0.05) is 6.92 Å². The first kappa shape index (κ1) is 23.6. The van der Waals surface area contributed by atoms with Crippen LogP contribution in [0.3, 0.4) is 0 Å². The van der Waals surface area contributed by atoms with Crippen LogP contribution in [-0.4, -0.2) is 11.1 Å². The Hall–Kier alpha value is -1.35. The van der Waals surface area contributed by atoms with Crippen molar-refractivity contribution in [2.24, 2.45) is 17.8 Å². The van der Waals surface area contributed by atoms with Crippen molar-refractivity contribution >= 4 is 5.97 Å². The molecule has 0 aliphatic rings. The lowest BCUT2D eigenvalue weighted by atomic mass is 9.95. The molecule has 0 aliphatic heterocycles. The van der Waals surface area contributed by atoms with E-state index >= 15 is 0 Å². The Bertz CT molecular complexity index is 494.